The molecule has 1 aliphatic rings. The molecule has 0 radical (unpaired) electrons. The third-order valence-electron chi connectivity index (χ3n) is 3.79. The first-order valence-electron chi connectivity index (χ1n) is 6.57. The molecule has 2 N–H and O–H groups in total. The molecule has 0 amide bonds. The van der Waals surface area contributed by atoms with Gasteiger partial charge in [-0.15, -0.1) is 12.4 Å². The number of likely N-dealkylation sites (tertiary alicyclic amines) is 1. The first-order valence-corrected chi connectivity index (χ1v) is 6.57. The van der Waals surface area contributed by atoms with Gasteiger partial charge in [0, 0.05) is 31.0 Å². The molecule has 2 atom stereocenters. The van der Waals surface area contributed by atoms with E-state index in [9.17, 15) is 0 Å². The van der Waals surface area contributed by atoms with E-state index in [1.165, 1.54) is 36.9 Å². The second kappa shape index (κ2) is 7.07. The molecule has 2 heterocycles. The molecular weight excluding hydrogens is 246 g/mol. The zero-order valence-corrected chi connectivity index (χ0v) is 12.1. The number of aromatic nitrogens is 1. The average Bonchev–Trinajstić information content (AvgIpc) is 2.32. The maximum atomic E-state index is 6.09. The van der Waals surface area contributed by atoms with E-state index in [0.717, 1.165) is 6.54 Å². The van der Waals surface area contributed by atoms with Gasteiger partial charge in [-0.2, -0.15) is 0 Å². The van der Waals surface area contributed by atoms with Crippen LogP contribution in [0.25, 0.3) is 0 Å². The Morgan fingerprint density at radius 1 is 1.50 bits per heavy atom. The lowest BCUT2D eigenvalue weighted by molar-refractivity contribution is 0.122. The fourth-order valence-electron chi connectivity index (χ4n) is 2.69. The number of nitrogens with zero attached hydrogens (tertiary/aromatic N) is 2. The van der Waals surface area contributed by atoms with Crippen LogP contribution in [0.5, 0.6) is 0 Å². The van der Waals surface area contributed by atoms with Gasteiger partial charge in [-0.1, -0.05) is 6.42 Å². The molecule has 1 aromatic heterocycles. The summed E-state index contributed by atoms with van der Waals surface area (Å²) in [4.78, 5) is 6.75. The van der Waals surface area contributed by atoms with Crippen LogP contribution in [0.4, 0.5) is 0 Å². The van der Waals surface area contributed by atoms with E-state index in [4.69, 9.17) is 5.73 Å². The lowest BCUT2D eigenvalue weighted by Crippen LogP contribution is -2.48. The Labute approximate surface area is 116 Å². The second-order valence-corrected chi connectivity index (χ2v) is 5.19. The maximum Gasteiger partial charge on any atom is 0.0315 e. The summed E-state index contributed by atoms with van der Waals surface area (Å²) in [7, 11) is 0. The van der Waals surface area contributed by atoms with Gasteiger partial charge in [-0.05, 0) is 50.4 Å². The van der Waals surface area contributed by atoms with Gasteiger partial charge in [0.05, 0.1) is 0 Å². The lowest BCUT2D eigenvalue weighted by atomic mass is 9.96. The predicted molar refractivity (Wildman–Crippen MR) is 77.9 cm³/mol. The Morgan fingerprint density at radius 2 is 2.28 bits per heavy atom. The zero-order chi connectivity index (χ0) is 12.3. The van der Waals surface area contributed by atoms with Crippen molar-refractivity contribution in [2.24, 2.45) is 5.73 Å². The van der Waals surface area contributed by atoms with E-state index >= 15 is 0 Å². The molecule has 0 saturated carbocycles. The van der Waals surface area contributed by atoms with Gasteiger partial charge < -0.3 is 5.73 Å². The molecular formula is C14H24ClN3. The summed E-state index contributed by atoms with van der Waals surface area (Å²) >= 11 is 0. The molecule has 18 heavy (non-hydrogen) atoms. The maximum absolute atomic E-state index is 6.09. The van der Waals surface area contributed by atoms with Crippen LogP contribution < -0.4 is 5.73 Å². The lowest BCUT2D eigenvalue weighted by Gasteiger charge is -2.38. The molecule has 1 aromatic rings. The van der Waals surface area contributed by atoms with Gasteiger partial charge in [0.2, 0.25) is 0 Å². The highest BCUT2D eigenvalue weighted by atomic mass is 35.5. The fourth-order valence-corrected chi connectivity index (χ4v) is 2.69. The molecule has 3 nitrogen and oxygen atoms in total. The van der Waals surface area contributed by atoms with Crippen LogP contribution in [0.2, 0.25) is 0 Å². The molecule has 0 bridgehead atoms. The van der Waals surface area contributed by atoms with Gasteiger partial charge in [-0.3, -0.25) is 9.88 Å². The normalized spacial score (nSPS) is 22.3. The van der Waals surface area contributed by atoms with Crippen molar-refractivity contribution in [1.29, 1.82) is 0 Å². The van der Waals surface area contributed by atoms with Crippen LogP contribution in [-0.2, 0) is 6.54 Å². The first-order chi connectivity index (χ1) is 8.18. The minimum absolute atomic E-state index is 0. The van der Waals surface area contributed by atoms with Crippen LogP contribution >= 0.6 is 12.4 Å². The Kier molecular flexibility index (Phi) is 6.06. The predicted octanol–water partition coefficient (Wildman–Crippen LogP) is 2.51. The highest BCUT2D eigenvalue weighted by Crippen LogP contribution is 2.22. The van der Waals surface area contributed by atoms with E-state index in [-0.39, 0.29) is 18.4 Å². The Hall–Kier alpha value is -0.640. The number of pyridine rings is 1. The summed E-state index contributed by atoms with van der Waals surface area (Å²) in [5.74, 6) is 0. The largest absolute Gasteiger partial charge is 0.327 e. The molecule has 102 valence electrons. The standard InChI is InChI=1S/C14H23N3.ClH/c1-11-6-7-16-9-13(11)10-17-8-4-3-5-14(17)12(2)15;/h6-7,9,12,14H,3-5,8,10,15H2,1-2H3;1H. The van der Waals surface area contributed by atoms with E-state index in [2.05, 4.69) is 29.8 Å². The highest BCUT2D eigenvalue weighted by Gasteiger charge is 2.25. The summed E-state index contributed by atoms with van der Waals surface area (Å²) in [5.41, 5.74) is 8.75. The van der Waals surface area contributed by atoms with Crippen LogP contribution in [0.15, 0.2) is 18.5 Å². The highest BCUT2D eigenvalue weighted by molar-refractivity contribution is 5.85. The summed E-state index contributed by atoms with van der Waals surface area (Å²) in [6.07, 6.45) is 7.69. The number of aryl methyl sites for hydroxylation is 1. The molecule has 2 rings (SSSR count). The number of rotatable bonds is 3. The van der Waals surface area contributed by atoms with Crippen LogP contribution in [0.1, 0.15) is 37.3 Å². The van der Waals surface area contributed by atoms with Gasteiger partial charge in [0.1, 0.15) is 0 Å². The monoisotopic (exact) mass is 269 g/mol. The van der Waals surface area contributed by atoms with Crippen molar-refractivity contribution in [3.63, 3.8) is 0 Å². The summed E-state index contributed by atoms with van der Waals surface area (Å²) in [6.45, 7) is 6.44. The zero-order valence-electron chi connectivity index (χ0n) is 11.3. The third-order valence-corrected chi connectivity index (χ3v) is 3.79. The molecule has 1 saturated heterocycles. The smallest absolute Gasteiger partial charge is 0.0315 e. The van der Waals surface area contributed by atoms with E-state index < -0.39 is 0 Å². The Bertz CT molecular complexity index is 368. The Morgan fingerprint density at radius 3 is 2.94 bits per heavy atom. The molecule has 2 unspecified atom stereocenters. The first kappa shape index (κ1) is 15.4. The molecule has 4 heteroatoms. The van der Waals surface area contributed by atoms with Gasteiger partial charge in [0.15, 0.2) is 0 Å². The summed E-state index contributed by atoms with van der Waals surface area (Å²) in [5, 5.41) is 0. The number of halogens is 1. The van der Waals surface area contributed by atoms with Crippen LogP contribution in [-0.4, -0.2) is 28.5 Å². The van der Waals surface area contributed by atoms with Crippen molar-refractivity contribution in [1.82, 2.24) is 9.88 Å². The minimum atomic E-state index is 0. The van der Waals surface area contributed by atoms with Crippen LogP contribution in [0, 0.1) is 6.92 Å². The van der Waals surface area contributed by atoms with Crippen LogP contribution in [0.3, 0.4) is 0 Å². The van der Waals surface area contributed by atoms with Crippen molar-refractivity contribution < 1.29 is 0 Å². The molecule has 0 aromatic carbocycles. The molecule has 1 fully saturated rings. The van der Waals surface area contributed by atoms with Crippen molar-refractivity contribution in [3.05, 3.63) is 29.6 Å². The van der Waals surface area contributed by atoms with Crippen molar-refractivity contribution in [3.8, 4) is 0 Å². The molecule has 0 spiro atoms. The third kappa shape index (κ3) is 3.67. The van der Waals surface area contributed by atoms with Crippen molar-refractivity contribution in [2.75, 3.05) is 6.54 Å². The number of nitrogens with two attached hydrogens (primary N) is 1. The van der Waals surface area contributed by atoms with E-state index in [1.54, 1.807) is 0 Å². The summed E-state index contributed by atoms with van der Waals surface area (Å²) in [6, 6.07) is 2.87. The van der Waals surface area contributed by atoms with Gasteiger partial charge in [0.25, 0.3) is 0 Å². The summed E-state index contributed by atoms with van der Waals surface area (Å²) < 4.78 is 0. The quantitative estimate of drug-likeness (QED) is 0.917. The van der Waals surface area contributed by atoms with Gasteiger partial charge in [-0.25, -0.2) is 0 Å². The SMILES string of the molecule is Cc1ccncc1CN1CCCCC1C(C)N.Cl. The fraction of sp³-hybridized carbons (Fsp3) is 0.643. The average molecular weight is 270 g/mol. The Balaban J connectivity index is 0.00000162. The topological polar surface area (TPSA) is 42.2 Å². The van der Waals surface area contributed by atoms with E-state index in [1.807, 2.05) is 12.4 Å². The number of hydrogen-bond donors (Lipinski definition) is 1. The van der Waals surface area contributed by atoms with Crippen molar-refractivity contribution >= 4 is 12.4 Å². The van der Waals surface area contributed by atoms with Crippen molar-refractivity contribution in [2.45, 2.75) is 51.7 Å². The second-order valence-electron chi connectivity index (χ2n) is 5.19. The molecule has 1 aliphatic heterocycles. The molecule has 0 aliphatic carbocycles. The van der Waals surface area contributed by atoms with Gasteiger partial charge >= 0.3 is 0 Å². The minimum Gasteiger partial charge on any atom is -0.327 e. The number of hydrogen-bond acceptors (Lipinski definition) is 3. The number of piperidine rings is 1. The van der Waals surface area contributed by atoms with E-state index in [0.29, 0.717) is 6.04 Å².